The lowest BCUT2D eigenvalue weighted by molar-refractivity contribution is 0.592. The molecule has 1 aliphatic rings. The van der Waals surface area contributed by atoms with Crippen molar-refractivity contribution in [3.8, 4) is 0 Å². The maximum atomic E-state index is 4.00. The largest absolute Gasteiger partial charge is 0.269 e. The Bertz CT molecular complexity index is 108. The van der Waals surface area contributed by atoms with Gasteiger partial charge in [0.05, 0.1) is 0 Å². The van der Waals surface area contributed by atoms with Crippen LogP contribution in [-0.2, 0) is 0 Å². The van der Waals surface area contributed by atoms with Gasteiger partial charge in [0.2, 0.25) is 0 Å². The number of hydrogen-bond acceptors (Lipinski definition) is 1. The molecule has 1 rings (SSSR count). The lowest BCUT2D eigenvalue weighted by Gasteiger charge is -2.12. The standard InChI is InChI=1S/C7H11N/c1-6-3-4-8-5-7(6)2/h3-7H,1-2H3/t6-,7?/m0/s1. The summed E-state index contributed by atoms with van der Waals surface area (Å²) in [7, 11) is 0. The van der Waals surface area contributed by atoms with Crippen LogP contribution in [0.1, 0.15) is 13.8 Å². The normalized spacial score (nSPS) is 35.8. The zero-order valence-corrected chi connectivity index (χ0v) is 5.33. The lowest BCUT2D eigenvalue weighted by Crippen LogP contribution is -2.08. The minimum absolute atomic E-state index is 0.625. The minimum atomic E-state index is 0.625. The first kappa shape index (κ1) is 5.54. The first-order valence-corrected chi connectivity index (χ1v) is 3.00. The summed E-state index contributed by atoms with van der Waals surface area (Å²) in [5.41, 5.74) is 0. The van der Waals surface area contributed by atoms with Crippen molar-refractivity contribution in [3.05, 3.63) is 12.3 Å². The fourth-order valence-electron chi connectivity index (χ4n) is 0.682. The Morgan fingerprint density at radius 1 is 1.25 bits per heavy atom. The summed E-state index contributed by atoms with van der Waals surface area (Å²) >= 11 is 0. The van der Waals surface area contributed by atoms with Crippen molar-refractivity contribution in [2.45, 2.75) is 13.8 Å². The van der Waals surface area contributed by atoms with Crippen molar-refractivity contribution in [3.63, 3.8) is 0 Å². The zero-order chi connectivity index (χ0) is 5.98. The molecule has 1 heteroatoms. The summed E-state index contributed by atoms with van der Waals surface area (Å²) in [4.78, 5) is 4.00. The SMILES string of the molecule is CC1C=NC=C[C@@H]1C. The van der Waals surface area contributed by atoms with Gasteiger partial charge in [-0.3, -0.25) is 4.99 Å². The highest BCUT2D eigenvalue weighted by Crippen LogP contribution is 2.12. The quantitative estimate of drug-likeness (QED) is 0.450. The van der Waals surface area contributed by atoms with E-state index < -0.39 is 0 Å². The third-order valence-electron chi connectivity index (χ3n) is 1.63. The van der Waals surface area contributed by atoms with E-state index in [9.17, 15) is 0 Å². The number of rotatable bonds is 0. The van der Waals surface area contributed by atoms with Crippen LogP contribution in [0.5, 0.6) is 0 Å². The molecule has 0 saturated heterocycles. The van der Waals surface area contributed by atoms with E-state index in [0.29, 0.717) is 11.8 Å². The van der Waals surface area contributed by atoms with Crippen LogP contribution in [0.4, 0.5) is 0 Å². The van der Waals surface area contributed by atoms with Gasteiger partial charge in [-0.05, 0) is 11.8 Å². The smallest absolute Gasteiger partial charge is 0.0226 e. The Labute approximate surface area is 50.1 Å². The van der Waals surface area contributed by atoms with Crippen molar-refractivity contribution >= 4 is 6.21 Å². The van der Waals surface area contributed by atoms with E-state index in [0.717, 1.165) is 0 Å². The van der Waals surface area contributed by atoms with E-state index in [4.69, 9.17) is 0 Å². The molecule has 0 spiro atoms. The average molecular weight is 109 g/mol. The third kappa shape index (κ3) is 0.971. The summed E-state index contributed by atoms with van der Waals surface area (Å²) in [5.74, 6) is 1.30. The van der Waals surface area contributed by atoms with Gasteiger partial charge in [-0.25, -0.2) is 0 Å². The predicted octanol–water partition coefficient (Wildman–Crippen LogP) is 1.86. The van der Waals surface area contributed by atoms with E-state index in [1.807, 2.05) is 12.4 Å². The van der Waals surface area contributed by atoms with Gasteiger partial charge in [0.1, 0.15) is 0 Å². The average Bonchev–Trinajstić information content (AvgIpc) is 1.77. The molecule has 2 atom stereocenters. The maximum absolute atomic E-state index is 4.00. The van der Waals surface area contributed by atoms with Gasteiger partial charge in [-0.15, -0.1) is 0 Å². The van der Waals surface area contributed by atoms with E-state index >= 15 is 0 Å². The van der Waals surface area contributed by atoms with Crippen LogP contribution in [0.3, 0.4) is 0 Å². The summed E-state index contributed by atoms with van der Waals surface area (Å²) in [6.07, 6.45) is 5.99. The zero-order valence-electron chi connectivity index (χ0n) is 5.33. The Morgan fingerprint density at radius 3 is 2.38 bits per heavy atom. The molecule has 0 amide bonds. The van der Waals surface area contributed by atoms with E-state index in [2.05, 4.69) is 24.9 Å². The highest BCUT2D eigenvalue weighted by Gasteiger charge is 2.07. The summed E-state index contributed by atoms with van der Waals surface area (Å²) < 4.78 is 0. The molecule has 0 fully saturated rings. The summed E-state index contributed by atoms with van der Waals surface area (Å²) in [6.45, 7) is 4.38. The van der Waals surface area contributed by atoms with Crippen LogP contribution < -0.4 is 0 Å². The fraction of sp³-hybridized carbons (Fsp3) is 0.571. The molecule has 0 saturated carbocycles. The monoisotopic (exact) mass is 109 g/mol. The predicted molar refractivity (Wildman–Crippen MR) is 36.0 cm³/mol. The first-order chi connectivity index (χ1) is 3.80. The highest BCUT2D eigenvalue weighted by atomic mass is 14.7. The van der Waals surface area contributed by atoms with Crippen LogP contribution in [0.25, 0.3) is 0 Å². The lowest BCUT2D eigenvalue weighted by atomic mass is 9.96. The molecular weight excluding hydrogens is 98.1 g/mol. The number of nitrogens with zero attached hydrogens (tertiary/aromatic N) is 1. The first-order valence-electron chi connectivity index (χ1n) is 3.00. The molecule has 1 nitrogen and oxygen atoms in total. The molecule has 8 heavy (non-hydrogen) atoms. The van der Waals surface area contributed by atoms with Crippen molar-refractivity contribution in [1.29, 1.82) is 0 Å². The molecule has 0 bridgehead atoms. The molecule has 44 valence electrons. The molecule has 1 heterocycles. The molecular formula is C7H11N. The van der Waals surface area contributed by atoms with E-state index in [-0.39, 0.29) is 0 Å². The Morgan fingerprint density at radius 2 is 2.00 bits per heavy atom. The maximum Gasteiger partial charge on any atom is 0.0226 e. The number of aliphatic imine (C=N–C) groups is 1. The molecule has 1 unspecified atom stereocenters. The van der Waals surface area contributed by atoms with Crippen LogP contribution in [0.15, 0.2) is 17.3 Å². The van der Waals surface area contributed by atoms with E-state index in [1.165, 1.54) is 0 Å². The van der Waals surface area contributed by atoms with Crippen LogP contribution in [0.2, 0.25) is 0 Å². The van der Waals surface area contributed by atoms with Crippen molar-refractivity contribution in [1.82, 2.24) is 0 Å². The molecule has 0 aromatic heterocycles. The van der Waals surface area contributed by atoms with Crippen LogP contribution in [-0.4, -0.2) is 6.21 Å². The number of allylic oxidation sites excluding steroid dienone is 1. The van der Waals surface area contributed by atoms with Crippen molar-refractivity contribution in [2.24, 2.45) is 16.8 Å². The molecule has 0 radical (unpaired) electrons. The van der Waals surface area contributed by atoms with Gasteiger partial charge in [0, 0.05) is 12.4 Å². The van der Waals surface area contributed by atoms with Gasteiger partial charge in [-0.1, -0.05) is 19.9 Å². The van der Waals surface area contributed by atoms with Crippen molar-refractivity contribution in [2.75, 3.05) is 0 Å². The van der Waals surface area contributed by atoms with Gasteiger partial charge in [0.25, 0.3) is 0 Å². The Kier molecular flexibility index (Phi) is 1.47. The Hall–Kier alpha value is -0.590. The second kappa shape index (κ2) is 2.12. The molecule has 1 aliphatic heterocycles. The van der Waals surface area contributed by atoms with Gasteiger partial charge >= 0.3 is 0 Å². The van der Waals surface area contributed by atoms with Gasteiger partial charge in [0.15, 0.2) is 0 Å². The van der Waals surface area contributed by atoms with Crippen molar-refractivity contribution < 1.29 is 0 Å². The number of hydrogen-bond donors (Lipinski definition) is 0. The second-order valence-corrected chi connectivity index (χ2v) is 2.36. The minimum Gasteiger partial charge on any atom is -0.269 e. The van der Waals surface area contributed by atoms with Crippen LogP contribution in [0, 0.1) is 11.8 Å². The highest BCUT2D eigenvalue weighted by molar-refractivity contribution is 5.62. The van der Waals surface area contributed by atoms with Gasteiger partial charge < -0.3 is 0 Å². The molecule has 0 aromatic carbocycles. The third-order valence-corrected chi connectivity index (χ3v) is 1.63. The molecule has 0 aliphatic carbocycles. The molecule has 0 aromatic rings. The summed E-state index contributed by atoms with van der Waals surface area (Å²) in [6, 6.07) is 0. The van der Waals surface area contributed by atoms with E-state index in [1.54, 1.807) is 0 Å². The Balaban J connectivity index is 2.59. The van der Waals surface area contributed by atoms with Gasteiger partial charge in [-0.2, -0.15) is 0 Å². The summed E-state index contributed by atoms with van der Waals surface area (Å²) in [5, 5.41) is 0. The fourth-order valence-corrected chi connectivity index (χ4v) is 0.682. The van der Waals surface area contributed by atoms with Crippen LogP contribution >= 0.6 is 0 Å². The topological polar surface area (TPSA) is 12.4 Å². The second-order valence-electron chi connectivity index (χ2n) is 2.36. The molecule has 0 N–H and O–H groups in total.